The van der Waals surface area contributed by atoms with E-state index in [9.17, 15) is 13.2 Å². The number of carbonyl (C=O) groups is 1. The summed E-state index contributed by atoms with van der Waals surface area (Å²) < 4.78 is 28.2. The normalized spacial score (nSPS) is 13.7. The first-order valence-corrected chi connectivity index (χ1v) is 13.9. The Labute approximate surface area is 201 Å². The van der Waals surface area contributed by atoms with E-state index in [4.69, 9.17) is 11.6 Å². The van der Waals surface area contributed by atoms with Gasteiger partial charge >= 0.3 is 0 Å². The lowest BCUT2D eigenvalue weighted by molar-refractivity contribution is -0.123. The highest BCUT2D eigenvalue weighted by atomic mass is 35.5. The van der Waals surface area contributed by atoms with E-state index in [1.807, 2.05) is 36.6 Å². The van der Waals surface area contributed by atoms with Crippen LogP contribution in [0.25, 0.3) is 0 Å². The minimum atomic E-state index is -3.86. The van der Waals surface area contributed by atoms with Crippen LogP contribution in [0.3, 0.4) is 0 Å². The largest absolute Gasteiger partial charge is 0.353 e. The summed E-state index contributed by atoms with van der Waals surface area (Å²) >= 11 is 7.44. The van der Waals surface area contributed by atoms with Gasteiger partial charge in [0.1, 0.15) is 6.04 Å². The maximum absolute atomic E-state index is 13.1. The van der Waals surface area contributed by atoms with Crippen molar-refractivity contribution in [1.82, 2.24) is 14.9 Å². The number of thioether (sulfide) groups is 1. The molecule has 0 heterocycles. The van der Waals surface area contributed by atoms with Crippen molar-refractivity contribution in [1.29, 1.82) is 0 Å². The molecule has 2 atom stereocenters. The molecular weight excluding hydrogens is 466 g/mol. The van der Waals surface area contributed by atoms with E-state index in [1.54, 1.807) is 11.8 Å². The second-order valence-corrected chi connectivity index (χ2v) is 10.4. The Bertz CT molecular complexity index is 937. The second-order valence-electron chi connectivity index (χ2n) is 7.30. The predicted octanol–water partition coefficient (Wildman–Crippen LogP) is 3.94. The minimum Gasteiger partial charge on any atom is -0.353 e. The molecule has 2 N–H and O–H groups in total. The molecular formula is C23H32ClN3O3S2. The molecule has 2 rings (SSSR count). The van der Waals surface area contributed by atoms with Crippen molar-refractivity contribution >= 4 is 39.3 Å². The highest BCUT2D eigenvalue weighted by Crippen LogP contribution is 2.20. The van der Waals surface area contributed by atoms with Gasteiger partial charge in [0, 0.05) is 11.6 Å². The first kappa shape index (κ1) is 26.7. The average molecular weight is 498 g/mol. The molecule has 0 radical (unpaired) electrons. The van der Waals surface area contributed by atoms with Crippen molar-refractivity contribution in [3.8, 4) is 0 Å². The third-order valence-corrected chi connectivity index (χ3v) is 7.64. The summed E-state index contributed by atoms with van der Waals surface area (Å²) in [6, 6.07) is 15.0. The Morgan fingerprint density at radius 2 is 1.69 bits per heavy atom. The third kappa shape index (κ3) is 7.78. The summed E-state index contributed by atoms with van der Waals surface area (Å²) in [6.07, 6.45) is 2.32. The number of hydrogen-bond acceptors (Lipinski definition) is 5. The van der Waals surface area contributed by atoms with Crippen LogP contribution in [-0.4, -0.2) is 56.9 Å². The molecule has 0 spiro atoms. The topological polar surface area (TPSA) is 78.5 Å². The van der Waals surface area contributed by atoms with Gasteiger partial charge in [-0.15, -0.1) is 0 Å². The van der Waals surface area contributed by atoms with Gasteiger partial charge in [0.2, 0.25) is 15.9 Å². The first-order chi connectivity index (χ1) is 15.3. The van der Waals surface area contributed by atoms with Crippen LogP contribution in [0, 0.1) is 0 Å². The summed E-state index contributed by atoms with van der Waals surface area (Å²) in [7, 11) is -3.86. The summed E-state index contributed by atoms with van der Waals surface area (Å²) in [5.74, 6) is 0.323. The van der Waals surface area contributed by atoms with Crippen molar-refractivity contribution in [2.75, 3.05) is 31.6 Å². The van der Waals surface area contributed by atoms with Crippen molar-refractivity contribution in [2.45, 2.75) is 37.2 Å². The molecule has 2 aromatic carbocycles. The number of rotatable bonds is 13. The SMILES string of the molecule is CCN(CC)C(CNC(=O)C(CCSC)NS(=O)(=O)c1ccc(Cl)cc1)c1ccccc1. The zero-order valence-corrected chi connectivity index (χ0v) is 21.1. The molecule has 2 aromatic rings. The Morgan fingerprint density at radius 1 is 1.06 bits per heavy atom. The van der Waals surface area contributed by atoms with Gasteiger partial charge in [-0.05, 0) is 61.3 Å². The van der Waals surface area contributed by atoms with Crippen molar-refractivity contribution in [3.63, 3.8) is 0 Å². The third-order valence-electron chi connectivity index (χ3n) is 5.26. The van der Waals surface area contributed by atoms with Crippen LogP contribution in [0.2, 0.25) is 5.02 Å². The van der Waals surface area contributed by atoms with E-state index in [-0.39, 0.29) is 16.8 Å². The molecule has 32 heavy (non-hydrogen) atoms. The number of nitrogens with zero attached hydrogens (tertiary/aromatic N) is 1. The maximum atomic E-state index is 13.1. The van der Waals surface area contributed by atoms with E-state index in [1.165, 1.54) is 24.3 Å². The molecule has 0 aliphatic rings. The van der Waals surface area contributed by atoms with E-state index in [0.29, 0.717) is 23.7 Å². The minimum absolute atomic E-state index is 0.00391. The van der Waals surface area contributed by atoms with Crippen LogP contribution < -0.4 is 10.0 Å². The van der Waals surface area contributed by atoms with Gasteiger partial charge in [-0.2, -0.15) is 16.5 Å². The standard InChI is InChI=1S/C23H32ClN3O3S2/c1-4-27(5-2)22(18-9-7-6-8-10-18)17-25-23(28)21(15-16-31-3)26-32(29,30)20-13-11-19(24)12-14-20/h6-14,21-22,26H,4-5,15-17H2,1-3H3,(H,25,28). The van der Waals surface area contributed by atoms with Crippen molar-refractivity contribution in [3.05, 3.63) is 65.2 Å². The maximum Gasteiger partial charge on any atom is 0.241 e. The number of carbonyl (C=O) groups excluding carboxylic acids is 1. The zero-order chi connectivity index (χ0) is 23.6. The number of hydrogen-bond donors (Lipinski definition) is 2. The smallest absolute Gasteiger partial charge is 0.241 e. The van der Waals surface area contributed by atoms with Crippen LogP contribution in [0.1, 0.15) is 31.9 Å². The highest BCUT2D eigenvalue weighted by Gasteiger charge is 2.27. The van der Waals surface area contributed by atoms with Gasteiger partial charge in [0.15, 0.2) is 0 Å². The van der Waals surface area contributed by atoms with Crippen LogP contribution in [0.4, 0.5) is 0 Å². The van der Waals surface area contributed by atoms with Gasteiger partial charge in [-0.3, -0.25) is 9.69 Å². The van der Waals surface area contributed by atoms with Gasteiger partial charge in [0.25, 0.3) is 0 Å². The molecule has 0 aliphatic carbocycles. The first-order valence-electron chi connectivity index (χ1n) is 10.7. The van der Waals surface area contributed by atoms with Gasteiger partial charge < -0.3 is 5.32 Å². The number of sulfonamides is 1. The number of halogens is 1. The molecule has 0 fully saturated rings. The summed E-state index contributed by atoms with van der Waals surface area (Å²) in [5.41, 5.74) is 1.11. The van der Waals surface area contributed by atoms with Gasteiger partial charge in [-0.1, -0.05) is 55.8 Å². The summed E-state index contributed by atoms with van der Waals surface area (Å²) in [5, 5.41) is 3.43. The van der Waals surface area contributed by atoms with E-state index in [0.717, 1.165) is 18.7 Å². The van der Waals surface area contributed by atoms with E-state index >= 15 is 0 Å². The molecule has 0 saturated carbocycles. The molecule has 1 amide bonds. The fourth-order valence-electron chi connectivity index (χ4n) is 3.47. The lowest BCUT2D eigenvalue weighted by atomic mass is 10.0. The molecule has 6 nitrogen and oxygen atoms in total. The Hall–Kier alpha value is -1.58. The van der Waals surface area contributed by atoms with Crippen molar-refractivity contribution < 1.29 is 13.2 Å². The zero-order valence-electron chi connectivity index (χ0n) is 18.8. The summed E-state index contributed by atoms with van der Waals surface area (Å²) in [4.78, 5) is 15.4. The fourth-order valence-corrected chi connectivity index (χ4v) is 5.29. The lowest BCUT2D eigenvalue weighted by Crippen LogP contribution is -2.49. The molecule has 2 unspecified atom stereocenters. The number of likely N-dealkylation sites (N-methyl/N-ethyl adjacent to an activating group) is 1. The van der Waals surface area contributed by atoms with E-state index in [2.05, 4.69) is 28.8 Å². The molecule has 0 aromatic heterocycles. The Morgan fingerprint density at radius 3 is 2.25 bits per heavy atom. The van der Waals surface area contributed by atoms with Crippen molar-refractivity contribution in [2.24, 2.45) is 0 Å². The monoisotopic (exact) mass is 497 g/mol. The fraction of sp³-hybridized carbons (Fsp3) is 0.435. The summed E-state index contributed by atoms with van der Waals surface area (Å²) in [6.45, 7) is 6.24. The molecule has 0 bridgehead atoms. The van der Waals surface area contributed by atoms with Crippen LogP contribution in [-0.2, 0) is 14.8 Å². The second kappa shape index (κ2) is 13.2. The van der Waals surface area contributed by atoms with Gasteiger partial charge in [-0.25, -0.2) is 8.42 Å². The van der Waals surface area contributed by atoms with Crippen LogP contribution in [0.15, 0.2) is 59.5 Å². The molecule has 0 aliphatic heterocycles. The number of amides is 1. The quantitative estimate of drug-likeness (QED) is 0.438. The van der Waals surface area contributed by atoms with Gasteiger partial charge in [0.05, 0.1) is 10.9 Å². The number of nitrogens with one attached hydrogen (secondary N) is 2. The Balaban J connectivity index is 2.16. The predicted molar refractivity (Wildman–Crippen MR) is 134 cm³/mol. The molecule has 176 valence electrons. The molecule has 0 saturated heterocycles. The van der Waals surface area contributed by atoms with Crippen LogP contribution in [0.5, 0.6) is 0 Å². The molecule has 9 heteroatoms. The van der Waals surface area contributed by atoms with E-state index < -0.39 is 16.1 Å². The Kier molecular flexibility index (Phi) is 11.0. The average Bonchev–Trinajstić information content (AvgIpc) is 2.80. The lowest BCUT2D eigenvalue weighted by Gasteiger charge is -2.31. The highest BCUT2D eigenvalue weighted by molar-refractivity contribution is 7.98. The van der Waals surface area contributed by atoms with Crippen LogP contribution >= 0.6 is 23.4 Å². The number of benzene rings is 2.